The summed E-state index contributed by atoms with van der Waals surface area (Å²) in [5.74, 6) is -4.84. The number of aliphatic hydroxyl groups is 1. The van der Waals surface area contributed by atoms with Crippen LogP contribution in [0.25, 0.3) is 10.9 Å². The maximum atomic E-state index is 12.8. The third-order valence-electron chi connectivity index (χ3n) is 7.26. The molecule has 5 N–H and O–H groups in total. The number of hydrogen-bond donors (Lipinski definition) is 5. The number of carbonyl (C=O) groups is 4. The Bertz CT molecular complexity index is 1190. The molecule has 0 bridgehead atoms. The van der Waals surface area contributed by atoms with Crippen molar-refractivity contribution in [2.24, 2.45) is 5.41 Å². The molecule has 0 spiro atoms. The number of methoxy groups -OCH3 is 1. The van der Waals surface area contributed by atoms with Gasteiger partial charge in [0.2, 0.25) is 0 Å². The number of carboxylic acid groups (broad SMARTS) is 3. The van der Waals surface area contributed by atoms with Gasteiger partial charge < -0.3 is 39.8 Å². The Hall–Kier alpha value is -3.48. The van der Waals surface area contributed by atoms with Crippen LogP contribution in [0, 0.1) is 5.41 Å². The molecule has 0 radical (unpaired) electrons. The Morgan fingerprint density at radius 3 is 2.37 bits per heavy atom. The van der Waals surface area contributed by atoms with Gasteiger partial charge in [0.25, 0.3) is 0 Å². The lowest BCUT2D eigenvalue weighted by atomic mass is 9.66. The van der Waals surface area contributed by atoms with Crippen LogP contribution in [-0.2, 0) is 35.1 Å². The number of esters is 1. The third kappa shape index (κ3) is 5.82. The normalized spacial score (nSPS) is 22.6. The number of aromatic amines is 1. The van der Waals surface area contributed by atoms with Crippen LogP contribution in [-0.4, -0.2) is 99.7 Å². The average molecular weight is 535 g/mol. The number of fused-ring (bicyclic) bond motifs is 2. The number of ether oxygens (including phenoxy) is 2. The van der Waals surface area contributed by atoms with Gasteiger partial charge >= 0.3 is 23.9 Å². The first-order valence-corrected chi connectivity index (χ1v) is 12.2. The number of benzene rings is 1. The van der Waals surface area contributed by atoms with Crippen molar-refractivity contribution < 1.29 is 49.1 Å². The van der Waals surface area contributed by atoms with E-state index in [1.165, 1.54) is 22.0 Å². The molecule has 12 heteroatoms. The number of nitrogens with one attached hydrogen (secondary N) is 1. The molecular weight excluding hydrogens is 500 g/mol. The summed E-state index contributed by atoms with van der Waals surface area (Å²) in [7, 11) is 3.79. The molecule has 1 fully saturated rings. The summed E-state index contributed by atoms with van der Waals surface area (Å²) in [5.41, 5.74) is 0.581. The Balaban J connectivity index is 0.000000263. The lowest BCUT2D eigenvalue weighted by Gasteiger charge is -2.49. The molecule has 3 atom stereocenters. The molecule has 0 amide bonds. The molecule has 1 aromatic heterocycles. The predicted octanol–water partition coefficient (Wildman–Crippen LogP) is 1.46. The number of piperidine rings is 1. The number of aromatic nitrogens is 1. The zero-order chi connectivity index (χ0) is 28.3. The number of H-pyrrole nitrogens is 1. The van der Waals surface area contributed by atoms with Crippen molar-refractivity contribution >= 4 is 34.8 Å². The number of hydrogen-bond acceptors (Lipinski definition) is 8. The average Bonchev–Trinajstić information content (AvgIpc) is 3.24. The van der Waals surface area contributed by atoms with E-state index in [0.717, 1.165) is 12.8 Å². The molecule has 2 aliphatic rings. The van der Waals surface area contributed by atoms with Gasteiger partial charge in [-0.15, -0.1) is 0 Å². The van der Waals surface area contributed by atoms with Crippen molar-refractivity contribution in [3.63, 3.8) is 0 Å². The van der Waals surface area contributed by atoms with Gasteiger partial charge in [0.15, 0.2) is 5.60 Å². The Morgan fingerprint density at radius 1 is 1.16 bits per heavy atom. The molecule has 1 aliphatic carbocycles. The smallest absolute Gasteiger partial charge is 0.336 e. The first-order valence-electron chi connectivity index (χ1n) is 12.2. The molecule has 1 saturated heterocycles. The standard InChI is InChI=1S/C20H26N2O3.C6H8O7/c1-4-25-19(23)20(12-24-3)9-15-14-6-5-7-16-18(14)13(10-21-16)8-17(15)22(2)11-20;7-3(8)1-6(13,5(11)12)2-4(9)10/h5-7,10,15,17,21H,4,8-9,11-12H2,1-3H3;13H,1-2H2,(H,7,8)(H,9,10)(H,11,12)/t15?,17-,20-;/m1./s1. The van der Waals surface area contributed by atoms with Gasteiger partial charge in [-0.1, -0.05) is 12.1 Å². The van der Waals surface area contributed by atoms with E-state index in [-0.39, 0.29) is 5.97 Å². The van der Waals surface area contributed by atoms with Crippen LogP contribution < -0.4 is 0 Å². The predicted molar refractivity (Wildman–Crippen MR) is 134 cm³/mol. The molecule has 2 heterocycles. The molecule has 1 unspecified atom stereocenters. The van der Waals surface area contributed by atoms with E-state index in [4.69, 9.17) is 29.9 Å². The second kappa shape index (κ2) is 11.5. The van der Waals surface area contributed by atoms with E-state index in [1.807, 2.05) is 6.92 Å². The summed E-state index contributed by atoms with van der Waals surface area (Å²) in [4.78, 5) is 49.0. The van der Waals surface area contributed by atoms with Crippen LogP contribution in [0.2, 0.25) is 0 Å². The minimum atomic E-state index is -2.74. The first-order chi connectivity index (χ1) is 17.9. The number of likely N-dealkylation sites (N-methyl/N-ethyl adjacent to an activating group) is 1. The number of rotatable bonds is 9. The minimum Gasteiger partial charge on any atom is -0.481 e. The van der Waals surface area contributed by atoms with Gasteiger partial charge in [0.1, 0.15) is 5.41 Å². The molecule has 4 rings (SSSR count). The summed E-state index contributed by atoms with van der Waals surface area (Å²) in [5, 5.41) is 35.2. The van der Waals surface area contributed by atoms with Crippen molar-refractivity contribution in [2.45, 2.75) is 50.2 Å². The van der Waals surface area contributed by atoms with Crippen molar-refractivity contribution in [2.75, 3.05) is 33.9 Å². The summed E-state index contributed by atoms with van der Waals surface area (Å²) in [6, 6.07) is 6.87. The fourth-order valence-electron chi connectivity index (χ4n) is 5.71. The van der Waals surface area contributed by atoms with Gasteiger partial charge in [0.05, 0.1) is 26.1 Å². The molecule has 208 valence electrons. The molecule has 1 aliphatic heterocycles. The highest BCUT2D eigenvalue weighted by atomic mass is 16.5. The Kier molecular flexibility index (Phi) is 8.80. The van der Waals surface area contributed by atoms with Crippen molar-refractivity contribution in [1.29, 1.82) is 0 Å². The van der Waals surface area contributed by atoms with Crippen LogP contribution in [0.15, 0.2) is 24.4 Å². The quantitative estimate of drug-likeness (QED) is 0.293. The van der Waals surface area contributed by atoms with Crippen LogP contribution in [0.4, 0.5) is 0 Å². The monoisotopic (exact) mass is 534 g/mol. The number of nitrogens with zero attached hydrogens (tertiary/aromatic N) is 1. The second-order valence-corrected chi connectivity index (χ2v) is 9.99. The van der Waals surface area contributed by atoms with Crippen LogP contribution in [0.1, 0.15) is 43.2 Å². The number of carboxylic acids is 3. The zero-order valence-corrected chi connectivity index (χ0v) is 21.6. The molecule has 2 aromatic rings. The largest absolute Gasteiger partial charge is 0.481 e. The number of likely N-dealkylation sites (tertiary alicyclic amines) is 1. The fourth-order valence-corrected chi connectivity index (χ4v) is 5.71. The van der Waals surface area contributed by atoms with Crippen molar-refractivity contribution in [3.05, 3.63) is 35.5 Å². The SMILES string of the molecule is CCOC(=O)[C@]1(COC)CC2c3cccc4[nH]cc(c34)C[C@H]2N(C)C1.O=C(O)CC(O)(CC(=O)O)C(=O)O. The van der Waals surface area contributed by atoms with Gasteiger partial charge in [-0.3, -0.25) is 14.4 Å². The minimum absolute atomic E-state index is 0.130. The van der Waals surface area contributed by atoms with E-state index in [1.54, 1.807) is 7.11 Å². The third-order valence-corrected chi connectivity index (χ3v) is 7.26. The summed E-state index contributed by atoms with van der Waals surface area (Å²) >= 11 is 0. The fraction of sp³-hybridized carbons (Fsp3) is 0.538. The molecule has 38 heavy (non-hydrogen) atoms. The highest BCUT2D eigenvalue weighted by Crippen LogP contribution is 2.48. The van der Waals surface area contributed by atoms with Crippen LogP contribution >= 0.6 is 0 Å². The molecule has 12 nitrogen and oxygen atoms in total. The lowest BCUT2D eigenvalue weighted by Crippen LogP contribution is -2.57. The number of carbonyl (C=O) groups excluding carboxylic acids is 1. The molecule has 0 saturated carbocycles. The van der Waals surface area contributed by atoms with Crippen LogP contribution in [0.3, 0.4) is 0 Å². The van der Waals surface area contributed by atoms with Gasteiger partial charge in [-0.2, -0.15) is 0 Å². The van der Waals surface area contributed by atoms with E-state index >= 15 is 0 Å². The van der Waals surface area contributed by atoms with Gasteiger partial charge in [0, 0.05) is 42.7 Å². The first kappa shape index (κ1) is 29.1. The summed E-state index contributed by atoms with van der Waals surface area (Å²) in [6.45, 7) is 3.34. The van der Waals surface area contributed by atoms with Gasteiger partial charge in [-0.05, 0) is 44.0 Å². The lowest BCUT2D eigenvalue weighted by molar-refractivity contribution is -0.170. The van der Waals surface area contributed by atoms with E-state index < -0.39 is 41.8 Å². The van der Waals surface area contributed by atoms with Crippen molar-refractivity contribution in [3.8, 4) is 0 Å². The van der Waals surface area contributed by atoms with E-state index in [2.05, 4.69) is 41.3 Å². The number of aliphatic carboxylic acids is 3. The highest BCUT2D eigenvalue weighted by molar-refractivity contribution is 5.89. The highest BCUT2D eigenvalue weighted by Gasteiger charge is 2.51. The summed E-state index contributed by atoms with van der Waals surface area (Å²) in [6.07, 6.45) is 1.65. The topological polar surface area (TPSA) is 187 Å². The summed E-state index contributed by atoms with van der Waals surface area (Å²) < 4.78 is 10.9. The Labute approximate surface area is 219 Å². The van der Waals surface area contributed by atoms with Gasteiger partial charge in [-0.25, -0.2) is 4.79 Å². The second-order valence-electron chi connectivity index (χ2n) is 9.99. The maximum Gasteiger partial charge on any atom is 0.336 e. The Morgan fingerprint density at radius 2 is 1.82 bits per heavy atom. The zero-order valence-electron chi connectivity index (χ0n) is 21.6. The van der Waals surface area contributed by atoms with E-state index in [0.29, 0.717) is 31.7 Å². The molecular formula is C26H34N2O10. The van der Waals surface area contributed by atoms with E-state index in [9.17, 15) is 19.2 Å². The maximum absolute atomic E-state index is 12.8. The van der Waals surface area contributed by atoms with Crippen LogP contribution in [0.5, 0.6) is 0 Å². The molecule has 1 aromatic carbocycles. The van der Waals surface area contributed by atoms with Crippen molar-refractivity contribution in [1.82, 2.24) is 9.88 Å².